The van der Waals surface area contributed by atoms with Crippen molar-refractivity contribution in [1.29, 1.82) is 0 Å². The molecule has 1 atom stereocenters. The van der Waals surface area contributed by atoms with Gasteiger partial charge >= 0.3 is 0 Å². The van der Waals surface area contributed by atoms with Gasteiger partial charge < -0.3 is 0 Å². The molecular formula is C10H16N2OS. The highest BCUT2D eigenvalue weighted by Crippen LogP contribution is 2.17. The second-order valence-corrected chi connectivity index (χ2v) is 4.30. The van der Waals surface area contributed by atoms with Crippen molar-refractivity contribution < 1.29 is 4.79 Å². The minimum absolute atomic E-state index is 0.200. The Bertz CT molecular complexity index is 309. The van der Waals surface area contributed by atoms with Gasteiger partial charge in [0.25, 0.3) is 0 Å². The molecule has 14 heavy (non-hydrogen) atoms. The molecule has 78 valence electrons. The SMILES string of the molecule is CCc1nnsc1C(=O)CC(C)CC. The molecule has 3 nitrogen and oxygen atoms in total. The molecule has 0 fully saturated rings. The lowest BCUT2D eigenvalue weighted by molar-refractivity contribution is 0.0966. The highest BCUT2D eigenvalue weighted by molar-refractivity contribution is 7.08. The Morgan fingerprint density at radius 1 is 1.50 bits per heavy atom. The number of aromatic nitrogens is 2. The third-order valence-corrected chi connectivity index (χ3v) is 3.18. The number of rotatable bonds is 5. The van der Waals surface area contributed by atoms with Crippen molar-refractivity contribution in [2.24, 2.45) is 5.92 Å². The van der Waals surface area contributed by atoms with Crippen LogP contribution in [0.15, 0.2) is 0 Å². The van der Waals surface area contributed by atoms with Crippen LogP contribution in [0.4, 0.5) is 0 Å². The molecule has 1 aromatic heterocycles. The van der Waals surface area contributed by atoms with Crippen LogP contribution in [0.1, 0.15) is 49.0 Å². The summed E-state index contributed by atoms with van der Waals surface area (Å²) in [6.07, 6.45) is 2.45. The molecule has 4 heteroatoms. The van der Waals surface area contributed by atoms with E-state index in [1.165, 1.54) is 11.5 Å². The summed E-state index contributed by atoms with van der Waals surface area (Å²) in [6, 6.07) is 0. The van der Waals surface area contributed by atoms with Gasteiger partial charge in [0.15, 0.2) is 5.78 Å². The Morgan fingerprint density at radius 2 is 2.21 bits per heavy atom. The summed E-state index contributed by atoms with van der Waals surface area (Å²) in [5.74, 6) is 0.653. The minimum Gasteiger partial charge on any atom is -0.293 e. The van der Waals surface area contributed by atoms with E-state index in [-0.39, 0.29) is 5.78 Å². The topological polar surface area (TPSA) is 42.9 Å². The molecule has 1 heterocycles. The number of Topliss-reactive ketones (excluding diaryl/α,β-unsaturated/α-hetero) is 1. The zero-order valence-corrected chi connectivity index (χ0v) is 9.73. The van der Waals surface area contributed by atoms with Gasteiger partial charge in [-0.1, -0.05) is 31.7 Å². The molecule has 0 aromatic carbocycles. The summed E-state index contributed by atoms with van der Waals surface area (Å²) in [6.45, 7) is 6.19. The Morgan fingerprint density at radius 3 is 2.79 bits per heavy atom. The predicted molar refractivity (Wildman–Crippen MR) is 57.7 cm³/mol. The van der Waals surface area contributed by atoms with E-state index in [9.17, 15) is 4.79 Å². The van der Waals surface area contributed by atoms with Crippen molar-refractivity contribution >= 4 is 17.3 Å². The first kappa shape index (κ1) is 11.3. The second kappa shape index (κ2) is 5.20. The molecule has 0 saturated heterocycles. The number of aryl methyl sites for hydroxylation is 1. The Hall–Kier alpha value is -0.770. The molecule has 1 aromatic rings. The van der Waals surface area contributed by atoms with E-state index in [1.54, 1.807) is 0 Å². The van der Waals surface area contributed by atoms with Crippen LogP contribution in [0.3, 0.4) is 0 Å². The Kier molecular flexibility index (Phi) is 4.20. The van der Waals surface area contributed by atoms with Crippen molar-refractivity contribution in [3.63, 3.8) is 0 Å². The van der Waals surface area contributed by atoms with E-state index in [4.69, 9.17) is 0 Å². The van der Waals surface area contributed by atoms with Gasteiger partial charge in [-0.05, 0) is 23.9 Å². The van der Waals surface area contributed by atoms with Crippen LogP contribution >= 0.6 is 11.5 Å². The molecule has 0 radical (unpaired) electrons. The molecule has 0 spiro atoms. The predicted octanol–water partition coefficient (Wildman–Crippen LogP) is 2.72. The van der Waals surface area contributed by atoms with E-state index in [0.29, 0.717) is 12.3 Å². The minimum atomic E-state index is 0.200. The summed E-state index contributed by atoms with van der Waals surface area (Å²) < 4.78 is 3.82. The van der Waals surface area contributed by atoms with Gasteiger partial charge in [0.05, 0.1) is 5.69 Å². The monoisotopic (exact) mass is 212 g/mol. The fourth-order valence-electron chi connectivity index (χ4n) is 1.21. The van der Waals surface area contributed by atoms with Crippen molar-refractivity contribution in [2.75, 3.05) is 0 Å². The fourth-order valence-corrected chi connectivity index (χ4v) is 1.90. The second-order valence-electron chi connectivity index (χ2n) is 3.54. The van der Waals surface area contributed by atoms with Gasteiger partial charge in [-0.25, -0.2) is 0 Å². The Balaban J connectivity index is 2.69. The third kappa shape index (κ3) is 2.61. The fraction of sp³-hybridized carbons (Fsp3) is 0.700. The van der Waals surface area contributed by atoms with Gasteiger partial charge in [0.2, 0.25) is 0 Å². The van der Waals surface area contributed by atoms with E-state index in [0.717, 1.165) is 23.4 Å². The highest BCUT2D eigenvalue weighted by Gasteiger charge is 2.16. The number of carbonyl (C=O) groups excluding carboxylic acids is 1. The summed E-state index contributed by atoms with van der Waals surface area (Å²) in [4.78, 5) is 12.5. The highest BCUT2D eigenvalue weighted by atomic mass is 32.1. The molecule has 0 amide bonds. The van der Waals surface area contributed by atoms with Crippen molar-refractivity contribution in [3.8, 4) is 0 Å². The maximum atomic E-state index is 11.8. The van der Waals surface area contributed by atoms with Gasteiger partial charge in [-0.3, -0.25) is 4.79 Å². The first-order chi connectivity index (χ1) is 6.69. The average Bonchev–Trinajstić information content (AvgIpc) is 2.65. The Labute approximate surface area is 88.7 Å². The van der Waals surface area contributed by atoms with Gasteiger partial charge in [0.1, 0.15) is 4.88 Å². The van der Waals surface area contributed by atoms with Crippen LogP contribution < -0.4 is 0 Å². The standard InChI is InChI=1S/C10H16N2OS/c1-4-7(3)6-9(13)10-8(5-2)11-12-14-10/h7H,4-6H2,1-3H3. The summed E-state index contributed by atoms with van der Waals surface area (Å²) >= 11 is 1.22. The first-order valence-corrected chi connectivity index (χ1v) is 5.80. The summed E-state index contributed by atoms with van der Waals surface area (Å²) in [7, 11) is 0. The summed E-state index contributed by atoms with van der Waals surface area (Å²) in [5, 5.41) is 3.94. The molecule has 0 aliphatic carbocycles. The smallest absolute Gasteiger partial charge is 0.176 e. The average molecular weight is 212 g/mol. The maximum Gasteiger partial charge on any atom is 0.176 e. The molecule has 1 rings (SSSR count). The van der Waals surface area contributed by atoms with Crippen LogP contribution in [-0.4, -0.2) is 15.4 Å². The number of nitrogens with zero attached hydrogens (tertiary/aromatic N) is 2. The lowest BCUT2D eigenvalue weighted by Crippen LogP contribution is -2.05. The normalized spacial score (nSPS) is 12.8. The molecule has 0 N–H and O–H groups in total. The van der Waals surface area contributed by atoms with E-state index in [1.807, 2.05) is 6.92 Å². The zero-order chi connectivity index (χ0) is 10.6. The van der Waals surface area contributed by atoms with Gasteiger partial charge in [-0.2, -0.15) is 0 Å². The lowest BCUT2D eigenvalue weighted by atomic mass is 10.0. The number of hydrogen-bond acceptors (Lipinski definition) is 4. The van der Waals surface area contributed by atoms with Crippen LogP contribution in [0.5, 0.6) is 0 Å². The maximum absolute atomic E-state index is 11.8. The third-order valence-electron chi connectivity index (χ3n) is 2.37. The molecule has 1 unspecified atom stereocenters. The molecule has 0 aliphatic rings. The number of ketones is 1. The molecule has 0 saturated carbocycles. The summed E-state index contributed by atoms with van der Waals surface area (Å²) in [5.41, 5.74) is 0.850. The van der Waals surface area contributed by atoms with Crippen molar-refractivity contribution in [3.05, 3.63) is 10.6 Å². The van der Waals surface area contributed by atoms with Crippen LogP contribution in [-0.2, 0) is 6.42 Å². The molecular weight excluding hydrogens is 196 g/mol. The van der Waals surface area contributed by atoms with Gasteiger partial charge in [0, 0.05) is 6.42 Å². The van der Waals surface area contributed by atoms with E-state index >= 15 is 0 Å². The van der Waals surface area contributed by atoms with E-state index < -0.39 is 0 Å². The van der Waals surface area contributed by atoms with Crippen LogP contribution in [0.25, 0.3) is 0 Å². The van der Waals surface area contributed by atoms with Gasteiger partial charge in [-0.15, -0.1) is 5.10 Å². The largest absolute Gasteiger partial charge is 0.293 e. The first-order valence-electron chi connectivity index (χ1n) is 5.03. The van der Waals surface area contributed by atoms with E-state index in [2.05, 4.69) is 23.4 Å². The molecule has 0 bridgehead atoms. The number of hydrogen-bond donors (Lipinski definition) is 0. The van der Waals surface area contributed by atoms with Crippen molar-refractivity contribution in [2.45, 2.75) is 40.0 Å². The zero-order valence-electron chi connectivity index (χ0n) is 8.91. The van der Waals surface area contributed by atoms with Crippen LogP contribution in [0, 0.1) is 5.92 Å². The van der Waals surface area contributed by atoms with Crippen LogP contribution in [0.2, 0.25) is 0 Å². The molecule has 0 aliphatic heterocycles. The lowest BCUT2D eigenvalue weighted by Gasteiger charge is -2.05. The quantitative estimate of drug-likeness (QED) is 0.705. The number of carbonyl (C=O) groups is 1. The van der Waals surface area contributed by atoms with Crippen molar-refractivity contribution in [1.82, 2.24) is 9.59 Å².